The van der Waals surface area contributed by atoms with Crippen molar-refractivity contribution >= 4 is 17.5 Å². The van der Waals surface area contributed by atoms with Gasteiger partial charge in [-0.3, -0.25) is 0 Å². The standard InChI is InChI=1S/C15H21N3O3/c1-2-20-15(19)10-6-7-17-14(13(10)16)18-8-9-21-12-5-3-4-11(12)18/h6-7,11-12H,2-5,8-9,16H2,1H3. The number of anilines is 2. The predicted molar refractivity (Wildman–Crippen MR) is 79.3 cm³/mol. The molecule has 114 valence electrons. The van der Waals surface area contributed by atoms with E-state index in [1.165, 1.54) is 0 Å². The lowest BCUT2D eigenvalue weighted by molar-refractivity contribution is 0.0254. The van der Waals surface area contributed by atoms with E-state index in [0.29, 0.717) is 36.3 Å². The average molecular weight is 291 g/mol. The van der Waals surface area contributed by atoms with Gasteiger partial charge in [-0.15, -0.1) is 0 Å². The number of hydrogen-bond acceptors (Lipinski definition) is 6. The number of aromatic nitrogens is 1. The van der Waals surface area contributed by atoms with Crippen LogP contribution in [0, 0.1) is 0 Å². The molecule has 1 aromatic rings. The van der Waals surface area contributed by atoms with Crippen LogP contribution < -0.4 is 10.6 Å². The molecule has 6 nitrogen and oxygen atoms in total. The minimum atomic E-state index is -0.394. The molecule has 2 heterocycles. The molecule has 3 rings (SSSR count). The number of nitrogen functional groups attached to an aromatic ring is 1. The molecular weight excluding hydrogens is 270 g/mol. The van der Waals surface area contributed by atoms with Gasteiger partial charge in [-0.2, -0.15) is 0 Å². The zero-order valence-corrected chi connectivity index (χ0v) is 12.2. The van der Waals surface area contributed by atoms with Gasteiger partial charge in [0.2, 0.25) is 0 Å². The van der Waals surface area contributed by atoms with Crippen molar-refractivity contribution in [2.24, 2.45) is 0 Å². The van der Waals surface area contributed by atoms with Crippen LogP contribution in [0.4, 0.5) is 11.5 Å². The van der Waals surface area contributed by atoms with Crippen LogP contribution in [0.3, 0.4) is 0 Å². The summed E-state index contributed by atoms with van der Waals surface area (Å²) in [5.74, 6) is 0.288. The van der Waals surface area contributed by atoms with E-state index in [-0.39, 0.29) is 6.10 Å². The van der Waals surface area contributed by atoms with Crippen molar-refractivity contribution < 1.29 is 14.3 Å². The van der Waals surface area contributed by atoms with Gasteiger partial charge < -0.3 is 20.1 Å². The minimum Gasteiger partial charge on any atom is -0.462 e. The number of morpholine rings is 1. The molecule has 21 heavy (non-hydrogen) atoms. The summed E-state index contributed by atoms with van der Waals surface area (Å²) in [5, 5.41) is 0. The lowest BCUT2D eigenvalue weighted by atomic mass is 10.1. The highest BCUT2D eigenvalue weighted by atomic mass is 16.5. The first-order chi connectivity index (χ1) is 10.2. The predicted octanol–water partition coefficient (Wildman–Crippen LogP) is 1.60. The summed E-state index contributed by atoms with van der Waals surface area (Å²) in [7, 11) is 0. The SMILES string of the molecule is CCOC(=O)c1ccnc(N2CCOC3CCCC32)c1N. The van der Waals surface area contributed by atoms with E-state index < -0.39 is 5.97 Å². The zero-order valence-electron chi connectivity index (χ0n) is 12.2. The number of esters is 1. The summed E-state index contributed by atoms with van der Waals surface area (Å²) in [4.78, 5) is 18.6. The third kappa shape index (κ3) is 2.55. The van der Waals surface area contributed by atoms with E-state index in [1.54, 1.807) is 19.2 Å². The fourth-order valence-electron chi connectivity index (χ4n) is 3.27. The maximum atomic E-state index is 12.0. The monoisotopic (exact) mass is 291 g/mol. The van der Waals surface area contributed by atoms with Crippen LogP contribution in [0.1, 0.15) is 36.5 Å². The first-order valence-corrected chi connectivity index (χ1v) is 7.52. The summed E-state index contributed by atoms with van der Waals surface area (Å²) in [6.07, 6.45) is 5.19. The van der Waals surface area contributed by atoms with Crippen LogP contribution in [-0.4, -0.2) is 42.9 Å². The molecule has 0 bridgehead atoms. The van der Waals surface area contributed by atoms with Crippen LogP contribution in [0.15, 0.2) is 12.3 Å². The first-order valence-electron chi connectivity index (χ1n) is 7.52. The Labute approximate surface area is 124 Å². The smallest absolute Gasteiger partial charge is 0.340 e. The Hall–Kier alpha value is -1.82. The number of hydrogen-bond donors (Lipinski definition) is 1. The molecule has 1 saturated carbocycles. The molecule has 2 N–H and O–H groups in total. The van der Waals surface area contributed by atoms with E-state index >= 15 is 0 Å². The maximum Gasteiger partial charge on any atom is 0.340 e. The molecule has 2 unspecified atom stereocenters. The van der Waals surface area contributed by atoms with E-state index in [2.05, 4.69) is 9.88 Å². The van der Waals surface area contributed by atoms with Crippen molar-refractivity contribution in [2.75, 3.05) is 30.4 Å². The summed E-state index contributed by atoms with van der Waals surface area (Å²) in [6.45, 7) is 3.54. The highest BCUT2D eigenvalue weighted by molar-refractivity contribution is 5.97. The van der Waals surface area contributed by atoms with Gasteiger partial charge in [-0.25, -0.2) is 9.78 Å². The quantitative estimate of drug-likeness (QED) is 0.852. The molecule has 0 aromatic carbocycles. The molecule has 1 aliphatic carbocycles. The molecule has 0 amide bonds. The second-order valence-corrected chi connectivity index (χ2v) is 5.42. The number of ether oxygens (including phenoxy) is 2. The number of nitrogens with zero attached hydrogens (tertiary/aromatic N) is 2. The van der Waals surface area contributed by atoms with Gasteiger partial charge in [-0.05, 0) is 32.3 Å². The number of nitrogens with two attached hydrogens (primary N) is 1. The van der Waals surface area contributed by atoms with Crippen LogP contribution in [0.5, 0.6) is 0 Å². The zero-order chi connectivity index (χ0) is 14.8. The van der Waals surface area contributed by atoms with Gasteiger partial charge in [0.1, 0.15) is 0 Å². The normalized spacial score (nSPS) is 24.7. The number of carbonyl (C=O) groups is 1. The molecule has 1 aromatic heterocycles. The minimum absolute atomic E-state index is 0.256. The number of carbonyl (C=O) groups excluding carboxylic acids is 1. The fourth-order valence-corrected chi connectivity index (χ4v) is 3.27. The Morgan fingerprint density at radius 1 is 1.57 bits per heavy atom. The lowest BCUT2D eigenvalue weighted by Gasteiger charge is -2.39. The Kier molecular flexibility index (Phi) is 3.96. The van der Waals surface area contributed by atoms with Gasteiger partial charge in [0.05, 0.1) is 36.6 Å². The van der Waals surface area contributed by atoms with Gasteiger partial charge in [0.15, 0.2) is 5.82 Å². The number of pyridine rings is 1. The van der Waals surface area contributed by atoms with Crippen molar-refractivity contribution in [3.05, 3.63) is 17.8 Å². The summed E-state index contributed by atoms with van der Waals surface area (Å²) in [5.41, 5.74) is 6.98. The van der Waals surface area contributed by atoms with Gasteiger partial charge in [-0.1, -0.05) is 0 Å². The van der Waals surface area contributed by atoms with Gasteiger partial charge >= 0.3 is 5.97 Å². The fraction of sp³-hybridized carbons (Fsp3) is 0.600. The highest BCUT2D eigenvalue weighted by Crippen LogP contribution is 2.35. The largest absolute Gasteiger partial charge is 0.462 e. The van der Waals surface area contributed by atoms with Crippen molar-refractivity contribution in [3.63, 3.8) is 0 Å². The molecule has 2 aliphatic rings. The second-order valence-electron chi connectivity index (χ2n) is 5.42. The second kappa shape index (κ2) is 5.89. The molecule has 1 saturated heterocycles. The average Bonchev–Trinajstić information content (AvgIpc) is 2.96. The lowest BCUT2D eigenvalue weighted by Crippen LogP contribution is -2.49. The van der Waals surface area contributed by atoms with Crippen LogP contribution in [0.25, 0.3) is 0 Å². The topological polar surface area (TPSA) is 77.7 Å². The summed E-state index contributed by atoms with van der Waals surface area (Å²) in [6, 6.07) is 1.93. The molecule has 6 heteroatoms. The molecule has 0 radical (unpaired) electrons. The van der Waals surface area contributed by atoms with Crippen molar-refractivity contribution in [2.45, 2.75) is 38.3 Å². The molecule has 0 spiro atoms. The Morgan fingerprint density at radius 2 is 2.43 bits per heavy atom. The van der Waals surface area contributed by atoms with Gasteiger partial charge in [0, 0.05) is 12.7 Å². The third-order valence-corrected chi connectivity index (χ3v) is 4.22. The van der Waals surface area contributed by atoms with E-state index in [9.17, 15) is 4.79 Å². The number of fused-ring (bicyclic) bond motifs is 1. The Bertz CT molecular complexity index is 535. The van der Waals surface area contributed by atoms with E-state index in [4.69, 9.17) is 15.2 Å². The van der Waals surface area contributed by atoms with E-state index in [0.717, 1.165) is 25.8 Å². The van der Waals surface area contributed by atoms with Gasteiger partial charge in [0.25, 0.3) is 0 Å². The van der Waals surface area contributed by atoms with Crippen molar-refractivity contribution in [1.29, 1.82) is 0 Å². The van der Waals surface area contributed by atoms with E-state index in [1.807, 2.05) is 0 Å². The molecule has 2 fully saturated rings. The van der Waals surface area contributed by atoms with Crippen LogP contribution in [0.2, 0.25) is 0 Å². The number of rotatable bonds is 3. The third-order valence-electron chi connectivity index (χ3n) is 4.22. The molecular formula is C15H21N3O3. The first kappa shape index (κ1) is 14.1. The summed E-state index contributed by atoms with van der Waals surface area (Å²) < 4.78 is 10.9. The highest BCUT2D eigenvalue weighted by Gasteiger charge is 2.37. The van der Waals surface area contributed by atoms with Crippen molar-refractivity contribution in [3.8, 4) is 0 Å². The van der Waals surface area contributed by atoms with Crippen LogP contribution >= 0.6 is 0 Å². The molecule has 1 aliphatic heterocycles. The Balaban J connectivity index is 1.91. The van der Waals surface area contributed by atoms with Crippen LogP contribution in [-0.2, 0) is 9.47 Å². The summed E-state index contributed by atoms with van der Waals surface area (Å²) >= 11 is 0. The Morgan fingerprint density at radius 3 is 3.24 bits per heavy atom. The maximum absolute atomic E-state index is 12.0. The molecule has 2 atom stereocenters. The van der Waals surface area contributed by atoms with Crippen molar-refractivity contribution in [1.82, 2.24) is 4.98 Å².